The Balaban J connectivity index is 1.58. The highest BCUT2D eigenvalue weighted by molar-refractivity contribution is 5.87. The van der Waals surface area contributed by atoms with Crippen LogP contribution in [-0.2, 0) is 4.79 Å². The molecule has 0 radical (unpaired) electrons. The second-order valence-electron chi connectivity index (χ2n) is 6.82. The van der Waals surface area contributed by atoms with E-state index in [4.69, 9.17) is 0 Å². The van der Waals surface area contributed by atoms with Crippen LogP contribution >= 0.6 is 0 Å². The van der Waals surface area contributed by atoms with E-state index in [9.17, 15) is 9.90 Å². The average Bonchev–Trinajstić information content (AvgIpc) is 3.17. The van der Waals surface area contributed by atoms with Crippen molar-refractivity contribution >= 4 is 17.1 Å². The molecule has 3 heterocycles. The molecular weight excluding hydrogens is 340 g/mol. The summed E-state index contributed by atoms with van der Waals surface area (Å²) in [6.07, 6.45) is 8.83. The number of hydrogen-bond acceptors (Lipinski definition) is 4. The maximum absolute atomic E-state index is 11.8. The molecule has 27 heavy (non-hydrogen) atoms. The van der Waals surface area contributed by atoms with Crippen molar-refractivity contribution in [2.75, 3.05) is 18.4 Å². The Kier molecular flexibility index (Phi) is 4.54. The molecule has 138 valence electrons. The third-order valence-corrected chi connectivity index (χ3v) is 5.06. The van der Waals surface area contributed by atoms with E-state index in [-0.39, 0.29) is 11.7 Å². The van der Waals surface area contributed by atoms with Crippen LogP contribution in [0.15, 0.2) is 61.7 Å². The molecule has 0 unspecified atom stereocenters. The monoisotopic (exact) mass is 362 g/mol. The predicted octanol–water partition coefficient (Wildman–Crippen LogP) is 3.30. The Labute approximate surface area is 157 Å². The zero-order valence-electron chi connectivity index (χ0n) is 15.0. The number of hydrogen-bond donors (Lipinski definition) is 2. The van der Waals surface area contributed by atoms with Crippen LogP contribution in [0.25, 0.3) is 16.6 Å². The van der Waals surface area contributed by atoms with Crippen LogP contribution in [-0.4, -0.2) is 44.4 Å². The molecular formula is C21H22N4O2. The van der Waals surface area contributed by atoms with E-state index in [2.05, 4.69) is 22.9 Å². The summed E-state index contributed by atoms with van der Waals surface area (Å²) in [4.78, 5) is 17.9. The first-order chi connectivity index (χ1) is 13.1. The van der Waals surface area contributed by atoms with Gasteiger partial charge in [-0.2, -0.15) is 0 Å². The highest BCUT2D eigenvalue weighted by atomic mass is 16.3. The zero-order valence-corrected chi connectivity index (χ0v) is 15.0. The van der Waals surface area contributed by atoms with Crippen molar-refractivity contribution in [3.63, 3.8) is 0 Å². The number of piperidine rings is 1. The summed E-state index contributed by atoms with van der Waals surface area (Å²) in [5.41, 5.74) is 4.11. The minimum atomic E-state index is 0.000887. The summed E-state index contributed by atoms with van der Waals surface area (Å²) in [7, 11) is 0. The highest BCUT2D eigenvalue weighted by Crippen LogP contribution is 2.29. The van der Waals surface area contributed by atoms with Gasteiger partial charge in [0.15, 0.2) is 0 Å². The smallest absolute Gasteiger partial charge is 0.245 e. The van der Waals surface area contributed by atoms with E-state index in [1.54, 1.807) is 18.5 Å². The van der Waals surface area contributed by atoms with Crippen LogP contribution < -0.4 is 5.32 Å². The van der Waals surface area contributed by atoms with E-state index in [1.807, 2.05) is 33.8 Å². The lowest BCUT2D eigenvalue weighted by Gasteiger charge is -2.32. The lowest BCUT2D eigenvalue weighted by Crippen LogP contribution is -2.41. The molecule has 2 aromatic heterocycles. The van der Waals surface area contributed by atoms with Crippen LogP contribution in [0.1, 0.15) is 12.8 Å². The Morgan fingerprint density at radius 1 is 1.22 bits per heavy atom. The van der Waals surface area contributed by atoms with Gasteiger partial charge < -0.3 is 19.7 Å². The van der Waals surface area contributed by atoms with Crippen molar-refractivity contribution in [3.8, 4) is 16.9 Å². The minimum Gasteiger partial charge on any atom is -0.508 e. The number of phenols is 1. The maximum Gasteiger partial charge on any atom is 0.245 e. The highest BCUT2D eigenvalue weighted by Gasteiger charge is 2.22. The average molecular weight is 362 g/mol. The zero-order chi connectivity index (χ0) is 18.8. The molecule has 4 rings (SSSR count). The van der Waals surface area contributed by atoms with Crippen LogP contribution in [0.5, 0.6) is 5.75 Å². The lowest BCUT2D eigenvalue weighted by molar-refractivity contribution is -0.126. The Morgan fingerprint density at radius 3 is 2.67 bits per heavy atom. The number of benzene rings is 1. The second kappa shape index (κ2) is 7.15. The molecule has 1 aliphatic heterocycles. The van der Waals surface area contributed by atoms with Crippen molar-refractivity contribution in [2.45, 2.75) is 18.9 Å². The van der Waals surface area contributed by atoms with Gasteiger partial charge in [-0.1, -0.05) is 18.7 Å². The second-order valence-corrected chi connectivity index (χ2v) is 6.82. The Morgan fingerprint density at radius 2 is 1.96 bits per heavy atom. The van der Waals surface area contributed by atoms with Gasteiger partial charge in [-0.05, 0) is 42.7 Å². The summed E-state index contributed by atoms with van der Waals surface area (Å²) < 4.78 is 2.00. The van der Waals surface area contributed by atoms with E-state index in [1.165, 1.54) is 6.08 Å². The normalized spacial score (nSPS) is 15.0. The van der Waals surface area contributed by atoms with E-state index >= 15 is 0 Å². The van der Waals surface area contributed by atoms with Gasteiger partial charge in [0, 0.05) is 30.9 Å². The number of pyridine rings is 1. The number of nitrogens with zero attached hydrogens (tertiary/aromatic N) is 3. The molecule has 0 saturated carbocycles. The van der Waals surface area contributed by atoms with Gasteiger partial charge in [0.25, 0.3) is 0 Å². The van der Waals surface area contributed by atoms with Crippen molar-refractivity contribution in [1.29, 1.82) is 0 Å². The number of rotatable bonds is 4. The number of phenolic OH excluding ortho intramolecular Hbond substituents is 1. The molecule has 1 amide bonds. The molecule has 0 bridgehead atoms. The molecule has 6 heteroatoms. The number of anilines is 1. The predicted molar refractivity (Wildman–Crippen MR) is 106 cm³/mol. The molecule has 0 aliphatic carbocycles. The molecule has 3 aromatic rings. The van der Waals surface area contributed by atoms with Crippen LogP contribution in [0.2, 0.25) is 0 Å². The molecule has 0 atom stereocenters. The van der Waals surface area contributed by atoms with Gasteiger partial charge in [0.05, 0.1) is 23.7 Å². The summed E-state index contributed by atoms with van der Waals surface area (Å²) in [5, 5.41) is 13.2. The fraction of sp³-hybridized carbons (Fsp3) is 0.238. The van der Waals surface area contributed by atoms with E-state index < -0.39 is 0 Å². The number of carbonyl (C=O) groups is 1. The van der Waals surface area contributed by atoms with Gasteiger partial charge in [-0.3, -0.25) is 4.79 Å². The van der Waals surface area contributed by atoms with E-state index in [0.29, 0.717) is 6.04 Å². The van der Waals surface area contributed by atoms with Gasteiger partial charge >= 0.3 is 0 Å². The largest absolute Gasteiger partial charge is 0.508 e. The minimum absolute atomic E-state index is 0.000887. The standard InChI is InChI=1S/C21H22N4O2/c1-2-21(27)24-9-7-17(8-10-24)23-19-11-16(13-25-14-22-12-20(19)25)15-3-5-18(26)6-4-15/h2-6,11-14,17,23,26H,1,7-10H2. The maximum atomic E-state index is 11.8. The fourth-order valence-corrected chi connectivity index (χ4v) is 3.55. The third-order valence-electron chi connectivity index (χ3n) is 5.06. The fourth-order valence-electron chi connectivity index (χ4n) is 3.55. The lowest BCUT2D eigenvalue weighted by atomic mass is 10.0. The first-order valence-electron chi connectivity index (χ1n) is 9.07. The Bertz CT molecular complexity index is 970. The van der Waals surface area contributed by atoms with Crippen molar-refractivity contribution < 1.29 is 9.90 Å². The summed E-state index contributed by atoms with van der Waals surface area (Å²) in [6.45, 7) is 5.03. The van der Waals surface area contributed by atoms with Gasteiger partial charge in [-0.25, -0.2) is 4.98 Å². The SMILES string of the molecule is C=CC(=O)N1CCC(Nc2cc(-c3ccc(O)cc3)cn3cncc23)CC1. The number of imidazole rings is 1. The van der Waals surface area contributed by atoms with Crippen LogP contribution in [0.4, 0.5) is 5.69 Å². The van der Waals surface area contributed by atoms with Crippen molar-refractivity contribution in [1.82, 2.24) is 14.3 Å². The first kappa shape index (κ1) is 17.1. The molecule has 1 saturated heterocycles. The first-order valence-corrected chi connectivity index (χ1v) is 9.07. The molecule has 1 fully saturated rings. The molecule has 0 spiro atoms. The third kappa shape index (κ3) is 3.51. The number of aromatic hydroxyl groups is 1. The van der Waals surface area contributed by atoms with Gasteiger partial charge in [-0.15, -0.1) is 0 Å². The summed E-state index contributed by atoms with van der Waals surface area (Å²) in [5.74, 6) is 0.252. The van der Waals surface area contributed by atoms with Gasteiger partial charge in [0.2, 0.25) is 5.91 Å². The summed E-state index contributed by atoms with van der Waals surface area (Å²) in [6, 6.07) is 9.59. The molecule has 6 nitrogen and oxygen atoms in total. The number of carbonyl (C=O) groups excluding carboxylic acids is 1. The number of likely N-dealkylation sites (tertiary alicyclic amines) is 1. The molecule has 1 aliphatic rings. The Hall–Kier alpha value is -3.28. The topological polar surface area (TPSA) is 69.9 Å². The van der Waals surface area contributed by atoms with Crippen molar-refractivity contribution in [2.24, 2.45) is 0 Å². The number of fused-ring (bicyclic) bond motifs is 1. The molecule has 1 aromatic carbocycles. The number of nitrogens with one attached hydrogen (secondary N) is 1. The summed E-state index contributed by atoms with van der Waals surface area (Å²) >= 11 is 0. The van der Waals surface area contributed by atoms with E-state index in [0.717, 1.165) is 48.3 Å². The van der Waals surface area contributed by atoms with Crippen LogP contribution in [0.3, 0.4) is 0 Å². The number of amides is 1. The number of aromatic nitrogens is 2. The quantitative estimate of drug-likeness (QED) is 0.699. The van der Waals surface area contributed by atoms with Crippen molar-refractivity contribution in [3.05, 3.63) is 61.7 Å². The van der Waals surface area contributed by atoms with Crippen LogP contribution in [0, 0.1) is 0 Å². The van der Waals surface area contributed by atoms with Gasteiger partial charge in [0.1, 0.15) is 5.75 Å². The molecule has 2 N–H and O–H groups in total.